The van der Waals surface area contributed by atoms with Crippen LogP contribution in [0.2, 0.25) is 0 Å². The smallest absolute Gasteiger partial charge is 0.115 e. The van der Waals surface area contributed by atoms with Gasteiger partial charge in [0.2, 0.25) is 0 Å². The molecule has 19 heavy (non-hydrogen) atoms. The van der Waals surface area contributed by atoms with Gasteiger partial charge in [0, 0.05) is 17.3 Å². The van der Waals surface area contributed by atoms with Crippen molar-refractivity contribution in [2.75, 3.05) is 0 Å². The fourth-order valence-electron chi connectivity index (χ4n) is 2.71. The van der Waals surface area contributed by atoms with Crippen molar-refractivity contribution in [2.45, 2.75) is 84.0 Å². The molecule has 1 unspecified atom stereocenters. The van der Waals surface area contributed by atoms with Crippen LogP contribution in [0.4, 0.5) is 0 Å². The van der Waals surface area contributed by atoms with Crippen LogP contribution in [0.15, 0.2) is 18.6 Å². The molecule has 0 bridgehead atoms. The highest BCUT2D eigenvalue weighted by Crippen LogP contribution is 2.33. The van der Waals surface area contributed by atoms with E-state index in [1.54, 1.807) is 6.33 Å². The lowest BCUT2D eigenvalue weighted by Gasteiger charge is -2.29. The maximum atomic E-state index is 4.51. The molecule has 2 nitrogen and oxygen atoms in total. The zero-order valence-electron chi connectivity index (χ0n) is 13.0. The first-order valence-electron chi connectivity index (χ1n) is 7.99. The highest BCUT2D eigenvalue weighted by atomic mass is 14.8. The standard InChI is InChI=1S/C17H30N2/c1-4-6-8-9-10-13-17(3,12-7-5-2)16-11-14-18-15-19-16/h11,14-15H,4-10,12-13H2,1-3H3. The quantitative estimate of drug-likeness (QED) is 0.536. The summed E-state index contributed by atoms with van der Waals surface area (Å²) in [6, 6.07) is 2.10. The van der Waals surface area contributed by atoms with Gasteiger partial charge in [-0.05, 0) is 18.9 Å². The Morgan fingerprint density at radius 1 is 0.947 bits per heavy atom. The number of rotatable bonds is 10. The Bertz CT molecular complexity index is 323. The molecule has 1 rings (SSSR count). The van der Waals surface area contributed by atoms with Crippen molar-refractivity contribution < 1.29 is 0 Å². The van der Waals surface area contributed by atoms with Crippen LogP contribution in [-0.2, 0) is 5.41 Å². The Morgan fingerprint density at radius 2 is 1.63 bits per heavy atom. The van der Waals surface area contributed by atoms with Crippen LogP contribution in [0.1, 0.15) is 84.3 Å². The molecule has 108 valence electrons. The van der Waals surface area contributed by atoms with Crippen molar-refractivity contribution in [1.29, 1.82) is 0 Å². The third kappa shape index (κ3) is 5.71. The van der Waals surface area contributed by atoms with Crippen LogP contribution in [0, 0.1) is 0 Å². The monoisotopic (exact) mass is 262 g/mol. The van der Waals surface area contributed by atoms with Gasteiger partial charge < -0.3 is 0 Å². The number of hydrogen-bond donors (Lipinski definition) is 0. The Hall–Kier alpha value is -0.920. The van der Waals surface area contributed by atoms with E-state index < -0.39 is 0 Å². The van der Waals surface area contributed by atoms with Gasteiger partial charge in [-0.15, -0.1) is 0 Å². The number of hydrogen-bond acceptors (Lipinski definition) is 2. The summed E-state index contributed by atoms with van der Waals surface area (Å²) in [6.07, 6.45) is 15.4. The van der Waals surface area contributed by atoms with Gasteiger partial charge in [0.15, 0.2) is 0 Å². The summed E-state index contributed by atoms with van der Waals surface area (Å²) < 4.78 is 0. The summed E-state index contributed by atoms with van der Waals surface area (Å²) in [4.78, 5) is 8.56. The minimum atomic E-state index is 0.241. The highest BCUT2D eigenvalue weighted by molar-refractivity contribution is 5.13. The van der Waals surface area contributed by atoms with Gasteiger partial charge in [-0.2, -0.15) is 0 Å². The SMILES string of the molecule is CCCCCCCC(C)(CCCC)c1ccncn1. The molecule has 0 saturated heterocycles. The predicted molar refractivity (Wildman–Crippen MR) is 82.3 cm³/mol. The van der Waals surface area contributed by atoms with Crippen LogP contribution in [0.25, 0.3) is 0 Å². The average molecular weight is 262 g/mol. The predicted octanol–water partition coefficient (Wildman–Crippen LogP) is 5.29. The molecule has 0 aliphatic heterocycles. The molecule has 0 saturated carbocycles. The Kier molecular flexibility index (Phi) is 7.69. The van der Waals surface area contributed by atoms with Crippen molar-refractivity contribution in [2.24, 2.45) is 0 Å². The van der Waals surface area contributed by atoms with Gasteiger partial charge in [-0.25, -0.2) is 9.97 Å². The maximum Gasteiger partial charge on any atom is 0.115 e. The summed E-state index contributed by atoms with van der Waals surface area (Å²) in [5, 5.41) is 0. The summed E-state index contributed by atoms with van der Waals surface area (Å²) in [7, 11) is 0. The van der Waals surface area contributed by atoms with E-state index in [0.717, 1.165) is 0 Å². The summed E-state index contributed by atoms with van der Waals surface area (Å²) >= 11 is 0. The molecule has 1 aromatic heterocycles. The van der Waals surface area contributed by atoms with Gasteiger partial charge >= 0.3 is 0 Å². The van der Waals surface area contributed by atoms with E-state index in [9.17, 15) is 0 Å². The Labute approximate surface area is 119 Å². The molecule has 0 radical (unpaired) electrons. The zero-order chi connectivity index (χ0) is 14.0. The van der Waals surface area contributed by atoms with Gasteiger partial charge in [-0.3, -0.25) is 0 Å². The van der Waals surface area contributed by atoms with Crippen LogP contribution in [0.5, 0.6) is 0 Å². The lowest BCUT2D eigenvalue weighted by Crippen LogP contribution is -2.23. The van der Waals surface area contributed by atoms with Crippen LogP contribution in [-0.4, -0.2) is 9.97 Å². The fraction of sp³-hybridized carbons (Fsp3) is 0.765. The van der Waals surface area contributed by atoms with Gasteiger partial charge in [0.1, 0.15) is 6.33 Å². The summed E-state index contributed by atoms with van der Waals surface area (Å²) in [6.45, 7) is 6.92. The lowest BCUT2D eigenvalue weighted by atomic mass is 9.77. The maximum absolute atomic E-state index is 4.51. The second kappa shape index (κ2) is 9.06. The topological polar surface area (TPSA) is 25.8 Å². The highest BCUT2D eigenvalue weighted by Gasteiger charge is 2.26. The van der Waals surface area contributed by atoms with Crippen molar-refractivity contribution in [1.82, 2.24) is 9.97 Å². The van der Waals surface area contributed by atoms with Crippen LogP contribution >= 0.6 is 0 Å². The molecule has 0 aliphatic carbocycles. The molecule has 1 atom stereocenters. The average Bonchev–Trinajstić information content (AvgIpc) is 2.46. The van der Waals surface area contributed by atoms with E-state index in [1.165, 1.54) is 63.5 Å². The first-order valence-corrected chi connectivity index (χ1v) is 7.99. The molecule has 0 fully saturated rings. The molecule has 0 amide bonds. The third-order valence-electron chi connectivity index (χ3n) is 4.11. The van der Waals surface area contributed by atoms with Crippen LogP contribution < -0.4 is 0 Å². The van der Waals surface area contributed by atoms with Gasteiger partial charge in [0.05, 0.1) is 0 Å². The first kappa shape index (κ1) is 16.1. The molecular formula is C17H30N2. The number of aromatic nitrogens is 2. The summed E-state index contributed by atoms with van der Waals surface area (Å²) in [5.74, 6) is 0. The number of nitrogens with zero attached hydrogens (tertiary/aromatic N) is 2. The minimum Gasteiger partial charge on any atom is -0.245 e. The molecule has 0 aromatic carbocycles. The zero-order valence-corrected chi connectivity index (χ0v) is 13.0. The molecule has 0 N–H and O–H groups in total. The largest absolute Gasteiger partial charge is 0.245 e. The van der Waals surface area contributed by atoms with E-state index in [2.05, 4.69) is 36.8 Å². The van der Waals surface area contributed by atoms with E-state index in [0.29, 0.717) is 0 Å². The molecule has 2 heteroatoms. The molecular weight excluding hydrogens is 232 g/mol. The normalized spacial score (nSPS) is 14.3. The fourth-order valence-corrected chi connectivity index (χ4v) is 2.71. The second-order valence-corrected chi connectivity index (χ2v) is 5.92. The third-order valence-corrected chi connectivity index (χ3v) is 4.11. The van der Waals surface area contributed by atoms with Crippen LogP contribution in [0.3, 0.4) is 0 Å². The molecule has 0 spiro atoms. The first-order chi connectivity index (χ1) is 9.23. The van der Waals surface area contributed by atoms with Crippen molar-refractivity contribution in [3.63, 3.8) is 0 Å². The molecule has 1 heterocycles. The van der Waals surface area contributed by atoms with E-state index in [1.807, 2.05) is 6.20 Å². The minimum absolute atomic E-state index is 0.241. The Balaban J connectivity index is 2.55. The van der Waals surface area contributed by atoms with E-state index in [-0.39, 0.29) is 5.41 Å². The van der Waals surface area contributed by atoms with Crippen molar-refractivity contribution in [3.8, 4) is 0 Å². The Morgan fingerprint density at radius 3 is 2.26 bits per heavy atom. The van der Waals surface area contributed by atoms with Crippen molar-refractivity contribution >= 4 is 0 Å². The van der Waals surface area contributed by atoms with E-state index >= 15 is 0 Å². The molecule has 1 aromatic rings. The second-order valence-electron chi connectivity index (χ2n) is 5.92. The molecule has 0 aliphatic rings. The van der Waals surface area contributed by atoms with E-state index in [4.69, 9.17) is 0 Å². The van der Waals surface area contributed by atoms with Gasteiger partial charge in [-0.1, -0.05) is 65.7 Å². The number of unbranched alkanes of at least 4 members (excludes halogenated alkanes) is 5. The van der Waals surface area contributed by atoms with Gasteiger partial charge in [0.25, 0.3) is 0 Å². The lowest BCUT2D eigenvalue weighted by molar-refractivity contribution is 0.359. The summed E-state index contributed by atoms with van der Waals surface area (Å²) in [5.41, 5.74) is 1.47. The van der Waals surface area contributed by atoms with Crippen molar-refractivity contribution in [3.05, 3.63) is 24.3 Å².